The number of nitrogens with two attached hydrogens (primary N) is 1. The average Bonchev–Trinajstić information content (AvgIpc) is 2.06. The Bertz CT molecular complexity index is 194. The van der Waals surface area contributed by atoms with Crippen LogP contribution in [-0.2, 0) is 10.8 Å². The van der Waals surface area contributed by atoms with Crippen LogP contribution in [0.2, 0.25) is 0 Å². The van der Waals surface area contributed by atoms with Gasteiger partial charge in [-0.15, -0.1) is 0 Å². The van der Waals surface area contributed by atoms with Crippen LogP contribution in [0.3, 0.4) is 0 Å². The first-order chi connectivity index (χ1) is 6.24. The predicted molar refractivity (Wildman–Crippen MR) is 55.0 cm³/mol. The summed E-state index contributed by atoms with van der Waals surface area (Å²) in [4.78, 5) is 0. The summed E-state index contributed by atoms with van der Waals surface area (Å²) < 4.78 is 11.1. The molecule has 0 unspecified atom stereocenters. The van der Waals surface area contributed by atoms with Gasteiger partial charge in [-0.05, 0) is 25.7 Å². The van der Waals surface area contributed by atoms with Gasteiger partial charge in [-0.1, -0.05) is 0 Å². The van der Waals surface area contributed by atoms with Gasteiger partial charge in [0.1, 0.15) is 0 Å². The van der Waals surface area contributed by atoms with Crippen LogP contribution in [0.15, 0.2) is 0 Å². The van der Waals surface area contributed by atoms with Crippen molar-refractivity contribution in [3.05, 3.63) is 0 Å². The molecular formula is C9H18N2OS. The van der Waals surface area contributed by atoms with E-state index in [2.05, 4.69) is 5.32 Å². The Hall–Kier alpha value is 0.0700. The standard InChI is InChI=1S/C9H18N2OS/c10-7-5-9(6-7)11-8-1-3-13(12)4-2-8/h7-9,11H,1-6,10H2. The zero-order valence-corrected chi connectivity index (χ0v) is 8.69. The lowest BCUT2D eigenvalue weighted by molar-refractivity contribution is 0.259. The molecule has 0 bridgehead atoms. The molecule has 0 radical (unpaired) electrons. The van der Waals surface area contributed by atoms with Crippen LogP contribution in [-0.4, -0.2) is 33.8 Å². The van der Waals surface area contributed by atoms with Gasteiger partial charge in [-0.3, -0.25) is 4.21 Å². The van der Waals surface area contributed by atoms with Crippen molar-refractivity contribution in [3.63, 3.8) is 0 Å². The molecule has 0 aromatic rings. The molecule has 2 fully saturated rings. The van der Waals surface area contributed by atoms with Crippen molar-refractivity contribution < 1.29 is 4.21 Å². The highest BCUT2D eigenvalue weighted by molar-refractivity contribution is 7.85. The highest BCUT2D eigenvalue weighted by Gasteiger charge is 2.28. The minimum atomic E-state index is -0.531. The summed E-state index contributed by atoms with van der Waals surface area (Å²) >= 11 is 0. The molecule has 3 N–H and O–H groups in total. The predicted octanol–water partition coefficient (Wildman–Crippen LogP) is -0.0232. The van der Waals surface area contributed by atoms with Crippen LogP contribution in [0.1, 0.15) is 25.7 Å². The lowest BCUT2D eigenvalue weighted by atomic mass is 9.87. The normalized spacial score (nSPS) is 45.6. The Balaban J connectivity index is 1.68. The zero-order valence-electron chi connectivity index (χ0n) is 7.87. The molecule has 1 saturated heterocycles. The first kappa shape index (κ1) is 9.62. The molecule has 0 aromatic carbocycles. The minimum Gasteiger partial charge on any atom is -0.328 e. The van der Waals surface area contributed by atoms with Crippen LogP contribution in [0.25, 0.3) is 0 Å². The first-order valence-electron chi connectivity index (χ1n) is 5.10. The SMILES string of the molecule is NC1CC(NC2CCS(=O)CC2)C1. The van der Waals surface area contributed by atoms with Gasteiger partial charge < -0.3 is 11.1 Å². The zero-order chi connectivity index (χ0) is 9.26. The summed E-state index contributed by atoms with van der Waals surface area (Å²) in [5, 5.41) is 3.59. The molecule has 4 heteroatoms. The molecule has 0 aromatic heterocycles. The Labute approximate surface area is 81.9 Å². The van der Waals surface area contributed by atoms with Crippen LogP contribution in [0, 0.1) is 0 Å². The van der Waals surface area contributed by atoms with E-state index in [-0.39, 0.29) is 0 Å². The van der Waals surface area contributed by atoms with Crippen LogP contribution in [0.5, 0.6) is 0 Å². The Morgan fingerprint density at radius 2 is 1.77 bits per heavy atom. The fourth-order valence-electron chi connectivity index (χ4n) is 2.09. The topological polar surface area (TPSA) is 55.1 Å². The Morgan fingerprint density at radius 1 is 1.15 bits per heavy atom. The Morgan fingerprint density at radius 3 is 2.31 bits per heavy atom. The van der Waals surface area contributed by atoms with Crippen molar-refractivity contribution >= 4 is 10.8 Å². The summed E-state index contributed by atoms with van der Waals surface area (Å²) in [6.45, 7) is 0. The van der Waals surface area contributed by atoms with E-state index in [1.54, 1.807) is 0 Å². The number of nitrogens with one attached hydrogen (secondary N) is 1. The third kappa shape index (κ3) is 2.51. The van der Waals surface area contributed by atoms with Gasteiger partial charge in [-0.2, -0.15) is 0 Å². The van der Waals surface area contributed by atoms with E-state index in [1.807, 2.05) is 0 Å². The first-order valence-corrected chi connectivity index (χ1v) is 6.59. The fourth-order valence-corrected chi connectivity index (χ4v) is 3.39. The average molecular weight is 202 g/mol. The summed E-state index contributed by atoms with van der Waals surface area (Å²) in [5.74, 6) is 1.77. The maximum absolute atomic E-state index is 11.1. The van der Waals surface area contributed by atoms with E-state index in [0.717, 1.165) is 37.2 Å². The Kier molecular flexibility index (Phi) is 3.01. The molecular weight excluding hydrogens is 184 g/mol. The summed E-state index contributed by atoms with van der Waals surface area (Å²) in [7, 11) is -0.531. The van der Waals surface area contributed by atoms with Crippen molar-refractivity contribution in [2.75, 3.05) is 11.5 Å². The van der Waals surface area contributed by atoms with Gasteiger partial charge in [0.15, 0.2) is 0 Å². The second-order valence-corrected chi connectivity index (χ2v) is 5.91. The van der Waals surface area contributed by atoms with Crippen molar-refractivity contribution in [2.24, 2.45) is 5.73 Å². The highest BCUT2D eigenvalue weighted by Crippen LogP contribution is 2.20. The molecule has 1 saturated carbocycles. The van der Waals surface area contributed by atoms with Gasteiger partial charge in [0.2, 0.25) is 0 Å². The van der Waals surface area contributed by atoms with Crippen LogP contribution in [0.4, 0.5) is 0 Å². The van der Waals surface area contributed by atoms with E-state index >= 15 is 0 Å². The molecule has 0 atom stereocenters. The maximum Gasteiger partial charge on any atom is 0.0249 e. The molecule has 1 aliphatic carbocycles. The van der Waals surface area contributed by atoms with Gasteiger partial charge in [-0.25, -0.2) is 0 Å². The smallest absolute Gasteiger partial charge is 0.0249 e. The van der Waals surface area contributed by atoms with Gasteiger partial charge in [0.25, 0.3) is 0 Å². The second kappa shape index (κ2) is 4.07. The van der Waals surface area contributed by atoms with Crippen LogP contribution >= 0.6 is 0 Å². The second-order valence-electron chi connectivity index (χ2n) is 4.22. The lowest BCUT2D eigenvalue weighted by Gasteiger charge is -2.37. The van der Waals surface area contributed by atoms with Crippen molar-refractivity contribution in [3.8, 4) is 0 Å². The number of hydrogen-bond acceptors (Lipinski definition) is 3. The molecule has 0 spiro atoms. The van der Waals surface area contributed by atoms with Gasteiger partial charge >= 0.3 is 0 Å². The van der Waals surface area contributed by atoms with Crippen molar-refractivity contribution in [1.29, 1.82) is 0 Å². The van der Waals surface area contributed by atoms with E-state index in [4.69, 9.17) is 5.73 Å². The van der Waals surface area contributed by atoms with E-state index in [1.165, 1.54) is 0 Å². The maximum atomic E-state index is 11.1. The van der Waals surface area contributed by atoms with Crippen molar-refractivity contribution in [2.45, 2.75) is 43.8 Å². The summed E-state index contributed by atoms with van der Waals surface area (Å²) in [6, 6.07) is 1.68. The monoisotopic (exact) mass is 202 g/mol. The summed E-state index contributed by atoms with van der Waals surface area (Å²) in [6.07, 6.45) is 4.41. The number of hydrogen-bond donors (Lipinski definition) is 2. The highest BCUT2D eigenvalue weighted by atomic mass is 32.2. The summed E-state index contributed by atoms with van der Waals surface area (Å²) in [5.41, 5.74) is 5.71. The molecule has 1 aliphatic heterocycles. The van der Waals surface area contributed by atoms with Crippen LogP contribution < -0.4 is 11.1 Å². The molecule has 76 valence electrons. The number of rotatable bonds is 2. The van der Waals surface area contributed by atoms with E-state index in [9.17, 15) is 4.21 Å². The lowest BCUT2D eigenvalue weighted by Crippen LogP contribution is -2.52. The molecule has 0 amide bonds. The van der Waals surface area contributed by atoms with Crippen molar-refractivity contribution in [1.82, 2.24) is 5.32 Å². The van der Waals surface area contributed by atoms with E-state index < -0.39 is 10.8 Å². The third-order valence-corrected chi connectivity index (χ3v) is 4.42. The molecule has 2 rings (SSSR count). The third-order valence-electron chi connectivity index (χ3n) is 3.03. The molecule has 3 nitrogen and oxygen atoms in total. The largest absolute Gasteiger partial charge is 0.328 e. The van der Waals surface area contributed by atoms with Gasteiger partial charge in [0, 0.05) is 40.4 Å². The molecule has 1 heterocycles. The molecule has 13 heavy (non-hydrogen) atoms. The molecule has 2 aliphatic rings. The fraction of sp³-hybridized carbons (Fsp3) is 1.00. The quantitative estimate of drug-likeness (QED) is 0.661. The van der Waals surface area contributed by atoms with Gasteiger partial charge in [0.05, 0.1) is 0 Å². The van der Waals surface area contributed by atoms with E-state index in [0.29, 0.717) is 18.1 Å². The minimum absolute atomic E-state index is 0.426.